The first-order valence-corrected chi connectivity index (χ1v) is 7.05. The van der Waals surface area contributed by atoms with Gasteiger partial charge in [0, 0.05) is 0 Å². The van der Waals surface area contributed by atoms with Gasteiger partial charge in [-0.25, -0.2) is 13.9 Å². The largest absolute Gasteiger partial charge is 0.244 e. The minimum Gasteiger partial charge on any atom is -0.244 e. The Morgan fingerprint density at radius 2 is 2.06 bits per heavy atom. The van der Waals surface area contributed by atoms with Crippen LogP contribution in [0.15, 0.2) is 22.8 Å². The zero-order chi connectivity index (χ0) is 12.3. The Morgan fingerprint density at radius 3 is 2.56 bits per heavy atom. The highest BCUT2D eigenvalue weighted by Crippen LogP contribution is 2.17. The SMILES string of the molecule is CC(NS(=O)C(C)(C)C)c1cccc(Br)n1. The van der Waals surface area contributed by atoms with E-state index in [2.05, 4.69) is 25.6 Å². The molecule has 0 saturated heterocycles. The molecule has 2 unspecified atom stereocenters. The zero-order valence-corrected chi connectivity index (χ0v) is 12.4. The van der Waals surface area contributed by atoms with Crippen LogP contribution in [0.25, 0.3) is 0 Å². The van der Waals surface area contributed by atoms with Crippen LogP contribution in [-0.4, -0.2) is 13.9 Å². The molecule has 1 N–H and O–H groups in total. The Bertz CT molecular complexity index is 390. The molecular weight excluding hydrogens is 288 g/mol. The lowest BCUT2D eigenvalue weighted by atomic mass is 10.2. The quantitative estimate of drug-likeness (QED) is 0.872. The van der Waals surface area contributed by atoms with Crippen molar-refractivity contribution in [3.05, 3.63) is 28.5 Å². The normalized spacial score (nSPS) is 15.8. The minimum atomic E-state index is -1.08. The molecule has 1 aromatic rings. The summed E-state index contributed by atoms with van der Waals surface area (Å²) in [6.45, 7) is 7.78. The molecule has 0 bridgehead atoms. The molecule has 1 heterocycles. The van der Waals surface area contributed by atoms with Gasteiger partial charge in [-0.2, -0.15) is 0 Å². The molecule has 0 aliphatic rings. The topological polar surface area (TPSA) is 42.0 Å². The number of hydrogen-bond acceptors (Lipinski definition) is 2. The molecule has 0 amide bonds. The third-order valence-electron chi connectivity index (χ3n) is 2.02. The van der Waals surface area contributed by atoms with Crippen molar-refractivity contribution >= 4 is 26.9 Å². The van der Waals surface area contributed by atoms with E-state index >= 15 is 0 Å². The van der Waals surface area contributed by atoms with Crippen LogP contribution in [0.1, 0.15) is 39.4 Å². The fourth-order valence-electron chi connectivity index (χ4n) is 1.06. The molecule has 0 fully saturated rings. The van der Waals surface area contributed by atoms with Gasteiger partial charge in [0.15, 0.2) is 0 Å². The first kappa shape index (κ1) is 13.8. The van der Waals surface area contributed by atoms with Crippen molar-refractivity contribution in [2.24, 2.45) is 0 Å². The molecule has 0 aliphatic carbocycles. The van der Waals surface area contributed by atoms with E-state index < -0.39 is 11.0 Å². The van der Waals surface area contributed by atoms with Gasteiger partial charge in [0.1, 0.15) is 4.60 Å². The molecule has 1 aromatic heterocycles. The monoisotopic (exact) mass is 304 g/mol. The van der Waals surface area contributed by atoms with E-state index in [1.54, 1.807) is 0 Å². The molecule has 5 heteroatoms. The van der Waals surface area contributed by atoms with E-state index in [0.717, 1.165) is 10.3 Å². The number of nitrogens with zero attached hydrogens (tertiary/aromatic N) is 1. The molecule has 3 nitrogen and oxygen atoms in total. The van der Waals surface area contributed by atoms with Crippen molar-refractivity contribution in [1.29, 1.82) is 0 Å². The Hall–Kier alpha value is -0.260. The average Bonchev–Trinajstić information content (AvgIpc) is 2.16. The van der Waals surface area contributed by atoms with Gasteiger partial charge in [-0.05, 0) is 55.8 Å². The average molecular weight is 305 g/mol. The van der Waals surface area contributed by atoms with Gasteiger partial charge in [-0.1, -0.05) is 6.07 Å². The predicted octanol–water partition coefficient (Wildman–Crippen LogP) is 2.96. The van der Waals surface area contributed by atoms with Gasteiger partial charge < -0.3 is 0 Å². The third kappa shape index (κ3) is 3.96. The van der Waals surface area contributed by atoms with Crippen molar-refractivity contribution in [2.75, 3.05) is 0 Å². The fourth-order valence-corrected chi connectivity index (χ4v) is 2.22. The summed E-state index contributed by atoms with van der Waals surface area (Å²) >= 11 is 3.32. The maximum absolute atomic E-state index is 11.9. The molecule has 16 heavy (non-hydrogen) atoms. The van der Waals surface area contributed by atoms with Crippen LogP contribution in [0.3, 0.4) is 0 Å². The molecule has 90 valence electrons. The molecule has 0 spiro atoms. The molecule has 0 saturated carbocycles. The third-order valence-corrected chi connectivity index (χ3v) is 4.14. The maximum atomic E-state index is 11.9. The number of halogens is 1. The highest BCUT2D eigenvalue weighted by atomic mass is 79.9. The van der Waals surface area contributed by atoms with E-state index in [1.807, 2.05) is 45.9 Å². The molecular formula is C11H17BrN2OS. The van der Waals surface area contributed by atoms with Gasteiger partial charge in [0.2, 0.25) is 0 Å². The van der Waals surface area contributed by atoms with Crippen molar-refractivity contribution < 1.29 is 4.21 Å². The Labute approximate surface area is 108 Å². The molecule has 0 aliphatic heterocycles. The van der Waals surface area contributed by atoms with Crippen molar-refractivity contribution in [2.45, 2.75) is 38.5 Å². The second kappa shape index (κ2) is 5.38. The summed E-state index contributed by atoms with van der Waals surface area (Å²) in [6.07, 6.45) is 0. The summed E-state index contributed by atoms with van der Waals surface area (Å²) in [6, 6.07) is 5.68. The highest BCUT2D eigenvalue weighted by molar-refractivity contribution is 9.10. The Morgan fingerprint density at radius 1 is 1.44 bits per heavy atom. The van der Waals surface area contributed by atoms with Gasteiger partial charge in [0.25, 0.3) is 0 Å². The highest BCUT2D eigenvalue weighted by Gasteiger charge is 2.22. The van der Waals surface area contributed by atoms with Crippen molar-refractivity contribution in [1.82, 2.24) is 9.71 Å². The van der Waals surface area contributed by atoms with Gasteiger partial charge in [0.05, 0.1) is 27.5 Å². The number of pyridine rings is 1. The molecule has 2 atom stereocenters. The number of nitrogens with one attached hydrogen (secondary N) is 1. The van der Waals surface area contributed by atoms with E-state index in [0.29, 0.717) is 0 Å². The van der Waals surface area contributed by atoms with Crippen molar-refractivity contribution in [3.8, 4) is 0 Å². The van der Waals surface area contributed by atoms with Crippen LogP contribution in [0.2, 0.25) is 0 Å². The lowest BCUT2D eigenvalue weighted by molar-refractivity contribution is 0.611. The summed E-state index contributed by atoms with van der Waals surface area (Å²) < 4.78 is 15.5. The molecule has 0 radical (unpaired) electrons. The lowest BCUT2D eigenvalue weighted by Gasteiger charge is -2.21. The first-order valence-electron chi connectivity index (χ1n) is 5.11. The summed E-state index contributed by atoms with van der Waals surface area (Å²) in [5, 5.41) is 0. The van der Waals surface area contributed by atoms with E-state index in [9.17, 15) is 4.21 Å². The zero-order valence-electron chi connectivity index (χ0n) is 9.95. The van der Waals surface area contributed by atoms with Gasteiger partial charge >= 0.3 is 0 Å². The van der Waals surface area contributed by atoms with E-state index in [1.165, 1.54) is 0 Å². The molecule has 0 aromatic carbocycles. The molecule has 1 rings (SSSR count). The minimum absolute atomic E-state index is 0.0300. The summed E-state index contributed by atoms with van der Waals surface area (Å²) in [5.74, 6) is 0. The number of aromatic nitrogens is 1. The van der Waals surface area contributed by atoms with Crippen LogP contribution in [0, 0.1) is 0 Å². The second-order valence-corrected chi connectivity index (χ2v) is 7.42. The van der Waals surface area contributed by atoms with E-state index in [-0.39, 0.29) is 10.8 Å². The summed E-state index contributed by atoms with van der Waals surface area (Å²) in [5.41, 5.74) is 0.881. The Balaban J connectivity index is 2.73. The maximum Gasteiger partial charge on any atom is 0.106 e. The Kier molecular flexibility index (Phi) is 4.64. The second-order valence-electron chi connectivity index (χ2n) is 4.61. The predicted molar refractivity (Wildman–Crippen MR) is 71.4 cm³/mol. The lowest BCUT2D eigenvalue weighted by Crippen LogP contribution is -2.35. The van der Waals surface area contributed by atoms with Crippen LogP contribution >= 0.6 is 15.9 Å². The van der Waals surface area contributed by atoms with Gasteiger partial charge in [-0.3, -0.25) is 0 Å². The van der Waals surface area contributed by atoms with Crippen LogP contribution < -0.4 is 4.72 Å². The van der Waals surface area contributed by atoms with Crippen molar-refractivity contribution in [3.63, 3.8) is 0 Å². The summed E-state index contributed by atoms with van der Waals surface area (Å²) in [7, 11) is -1.08. The van der Waals surface area contributed by atoms with Crippen LogP contribution in [0.4, 0.5) is 0 Å². The smallest absolute Gasteiger partial charge is 0.106 e. The van der Waals surface area contributed by atoms with Crippen LogP contribution in [-0.2, 0) is 11.0 Å². The summed E-state index contributed by atoms with van der Waals surface area (Å²) in [4.78, 5) is 4.33. The van der Waals surface area contributed by atoms with Crippen LogP contribution in [0.5, 0.6) is 0 Å². The fraction of sp³-hybridized carbons (Fsp3) is 0.545. The number of rotatable bonds is 3. The standard InChI is InChI=1S/C11H17BrN2OS/c1-8(14-16(15)11(2,3)4)9-6-5-7-10(12)13-9/h5-8,14H,1-4H3. The number of hydrogen-bond donors (Lipinski definition) is 1. The van der Waals surface area contributed by atoms with Gasteiger partial charge in [-0.15, -0.1) is 0 Å². The van der Waals surface area contributed by atoms with E-state index in [4.69, 9.17) is 0 Å². The first-order chi connectivity index (χ1) is 7.30.